The van der Waals surface area contributed by atoms with Crippen molar-refractivity contribution in [1.82, 2.24) is 16.0 Å². The number of aliphatic hydroxyl groups excluding tert-OH is 2. The van der Waals surface area contributed by atoms with Gasteiger partial charge in [0, 0.05) is 31.9 Å². The minimum absolute atomic E-state index is 0. The monoisotopic (exact) mass is 809 g/mol. The van der Waals surface area contributed by atoms with Gasteiger partial charge in [-0.25, -0.2) is 4.79 Å². The van der Waals surface area contributed by atoms with E-state index < -0.39 is 60.3 Å². The van der Waals surface area contributed by atoms with Crippen LogP contribution in [0.1, 0.15) is 64.2 Å². The molecule has 1 aliphatic heterocycles. The van der Waals surface area contributed by atoms with Crippen molar-refractivity contribution in [2.24, 2.45) is 0 Å². The SMILES string of the molecule is CC(=O)N[C@@H]1[C@@H](NC(=O)OC(C)(C)C)C[C@](OCCCSCCC=O)(C(=O)[O-])O[C@H]1CO.C[C@H](O)CNC(=O)c1ccc(-c2ccccc2)cc1.C[O-].[Na+].[Na+]. The summed E-state index contributed by atoms with van der Waals surface area (Å²) in [6.07, 6.45) is -1.20. The summed E-state index contributed by atoms with van der Waals surface area (Å²) < 4.78 is 16.4. The first-order valence-corrected chi connectivity index (χ1v) is 18.2. The minimum Gasteiger partial charge on any atom is -0.857 e. The van der Waals surface area contributed by atoms with Crippen molar-refractivity contribution in [3.63, 3.8) is 0 Å². The molecule has 1 aliphatic rings. The number of rotatable bonds is 16. The van der Waals surface area contributed by atoms with Gasteiger partial charge in [-0.15, -0.1) is 0 Å². The van der Waals surface area contributed by atoms with Crippen molar-refractivity contribution in [2.45, 2.75) is 89.6 Å². The van der Waals surface area contributed by atoms with Gasteiger partial charge in [0.2, 0.25) is 11.7 Å². The van der Waals surface area contributed by atoms with Crippen LogP contribution in [0.4, 0.5) is 4.79 Å². The number of aliphatic carboxylic acids is 1. The molecule has 18 heteroatoms. The van der Waals surface area contributed by atoms with E-state index in [1.807, 2.05) is 42.5 Å². The number of carboxylic acid groups (broad SMARTS) is 1. The van der Waals surface area contributed by atoms with Crippen LogP contribution in [0.2, 0.25) is 0 Å². The molecule has 296 valence electrons. The van der Waals surface area contributed by atoms with Gasteiger partial charge in [-0.05, 0) is 68.9 Å². The summed E-state index contributed by atoms with van der Waals surface area (Å²) in [6, 6.07) is 15.5. The number of aliphatic hydroxyl groups is 2. The molecule has 0 unspecified atom stereocenters. The predicted molar refractivity (Wildman–Crippen MR) is 195 cm³/mol. The van der Waals surface area contributed by atoms with Crippen LogP contribution in [0, 0.1) is 0 Å². The minimum atomic E-state index is -2.24. The maximum Gasteiger partial charge on any atom is 1.00 e. The van der Waals surface area contributed by atoms with Gasteiger partial charge in [0.15, 0.2) is 0 Å². The van der Waals surface area contributed by atoms with Crippen molar-refractivity contribution in [3.05, 3.63) is 60.2 Å². The van der Waals surface area contributed by atoms with E-state index in [0.717, 1.165) is 24.5 Å². The molecular weight excluding hydrogens is 756 g/mol. The van der Waals surface area contributed by atoms with Crippen LogP contribution in [0.25, 0.3) is 11.1 Å². The Kier molecular flexibility index (Phi) is 29.2. The van der Waals surface area contributed by atoms with Gasteiger partial charge in [0.25, 0.3) is 5.91 Å². The topological polar surface area (TPSA) is 236 Å². The summed E-state index contributed by atoms with van der Waals surface area (Å²) >= 11 is 1.52. The predicted octanol–water partition coefficient (Wildman–Crippen LogP) is -5.21. The molecule has 2 aromatic carbocycles. The summed E-state index contributed by atoms with van der Waals surface area (Å²) in [4.78, 5) is 58.1. The summed E-state index contributed by atoms with van der Waals surface area (Å²) in [6.45, 7) is 7.51. The van der Waals surface area contributed by atoms with E-state index in [9.17, 15) is 34.2 Å². The van der Waals surface area contributed by atoms with Crippen molar-refractivity contribution < 1.29 is 118 Å². The Morgan fingerprint density at radius 2 is 1.62 bits per heavy atom. The van der Waals surface area contributed by atoms with Crippen molar-refractivity contribution >= 4 is 41.9 Å². The molecule has 55 heavy (non-hydrogen) atoms. The summed E-state index contributed by atoms with van der Waals surface area (Å²) in [5.74, 6) is -3.24. The normalized spacial score (nSPS) is 19.1. The zero-order valence-electron chi connectivity index (χ0n) is 33.1. The molecule has 0 bridgehead atoms. The molecule has 1 heterocycles. The van der Waals surface area contributed by atoms with E-state index in [1.165, 1.54) is 18.7 Å². The Morgan fingerprint density at radius 1 is 1.02 bits per heavy atom. The maximum absolute atomic E-state index is 12.3. The van der Waals surface area contributed by atoms with Crippen LogP contribution in [-0.2, 0) is 28.6 Å². The first-order chi connectivity index (χ1) is 25.1. The molecule has 5 N–H and O–H groups in total. The fourth-order valence-electron chi connectivity index (χ4n) is 4.92. The summed E-state index contributed by atoms with van der Waals surface area (Å²) in [5.41, 5.74) is 1.99. The molecule has 5 atom stereocenters. The first kappa shape index (κ1) is 55.0. The zero-order valence-corrected chi connectivity index (χ0v) is 37.9. The molecule has 1 fully saturated rings. The van der Waals surface area contributed by atoms with Crippen LogP contribution in [0.5, 0.6) is 0 Å². The maximum atomic E-state index is 12.3. The molecule has 2 aromatic rings. The number of amides is 3. The molecule has 0 aromatic heterocycles. The summed E-state index contributed by atoms with van der Waals surface area (Å²) in [7, 11) is 0.750. The van der Waals surface area contributed by atoms with Gasteiger partial charge >= 0.3 is 65.2 Å². The van der Waals surface area contributed by atoms with E-state index in [0.29, 0.717) is 29.9 Å². The molecule has 3 amide bonds. The number of hydrogen-bond donors (Lipinski definition) is 5. The largest absolute Gasteiger partial charge is 1.00 e. The number of alkyl carbamates (subject to hydrolysis) is 1. The van der Waals surface area contributed by atoms with Gasteiger partial charge in [0.05, 0.1) is 31.4 Å². The summed E-state index contributed by atoms with van der Waals surface area (Å²) in [5, 5.41) is 47.0. The molecule has 0 radical (unpaired) electrons. The van der Waals surface area contributed by atoms with Gasteiger partial charge in [-0.1, -0.05) is 42.5 Å². The van der Waals surface area contributed by atoms with Crippen molar-refractivity contribution in [3.8, 4) is 11.1 Å². The Bertz CT molecular complexity index is 1420. The van der Waals surface area contributed by atoms with Gasteiger partial charge < -0.3 is 60.2 Å². The molecular formula is C37H53N3Na2O12S. The molecule has 0 saturated carbocycles. The molecule has 15 nitrogen and oxygen atoms in total. The molecule has 1 saturated heterocycles. The molecule has 0 aliphatic carbocycles. The fourth-order valence-corrected chi connectivity index (χ4v) is 5.71. The van der Waals surface area contributed by atoms with E-state index in [-0.39, 0.29) is 84.6 Å². The standard InChI is InChI=1S/C20H34N2O9S.C16H17NO2.CH3O.2Na/c1-13(25)21-16-14(22-18(28)31-19(2,3)4)11-20(17(26)27,30-15(16)12-24)29-8-6-10-32-9-5-7-23;1-12(18)11-17-16(19)15-9-7-14(8-10-15)13-5-3-2-4-6-13;1-2;;/h7,14-16,24H,5-6,8-12H2,1-4H3,(H,21,25)(H,22,28)(H,26,27);2-10,12,18H,11H2,1H3,(H,17,19);1H3;;/q;;-1;2*+1/p-1/t14-,15-,16+,20+;12-;;;/m00.../s1. The Hall–Kier alpha value is -2.06. The van der Waals surface area contributed by atoms with E-state index in [4.69, 9.17) is 24.4 Å². The third kappa shape index (κ3) is 21.3. The Morgan fingerprint density at radius 3 is 2.13 bits per heavy atom. The van der Waals surface area contributed by atoms with Crippen LogP contribution in [0.15, 0.2) is 54.6 Å². The number of benzene rings is 2. The second-order valence-electron chi connectivity index (χ2n) is 12.8. The number of nitrogens with one attached hydrogen (secondary N) is 3. The third-order valence-electron chi connectivity index (χ3n) is 7.19. The Labute approximate surface area is 372 Å². The first-order valence-electron chi connectivity index (χ1n) is 17.1. The number of aldehydes is 1. The van der Waals surface area contributed by atoms with Gasteiger partial charge in [-0.2, -0.15) is 18.9 Å². The fraction of sp³-hybridized carbons (Fsp3) is 0.541. The number of carboxylic acids is 1. The van der Waals surface area contributed by atoms with Crippen molar-refractivity contribution in [2.75, 3.05) is 38.4 Å². The zero-order chi connectivity index (χ0) is 40.0. The quantitative estimate of drug-likeness (QED) is 0.0607. The Balaban J connectivity index is 0. The smallest absolute Gasteiger partial charge is 0.857 e. The second-order valence-corrected chi connectivity index (χ2v) is 14.1. The average molecular weight is 810 g/mol. The van der Waals surface area contributed by atoms with E-state index in [1.54, 1.807) is 39.8 Å². The van der Waals surface area contributed by atoms with Crippen LogP contribution < -0.4 is 85.3 Å². The van der Waals surface area contributed by atoms with E-state index in [2.05, 4.69) is 16.0 Å². The average Bonchev–Trinajstić information content (AvgIpc) is 3.11. The second kappa shape index (κ2) is 29.2. The number of carbonyl (C=O) groups excluding carboxylic acids is 5. The molecule has 0 spiro atoms. The molecule has 3 rings (SSSR count). The van der Waals surface area contributed by atoms with Crippen LogP contribution in [0.3, 0.4) is 0 Å². The third-order valence-corrected chi connectivity index (χ3v) is 8.29. The van der Waals surface area contributed by atoms with Crippen molar-refractivity contribution in [1.29, 1.82) is 0 Å². The number of carbonyl (C=O) groups is 5. The van der Waals surface area contributed by atoms with E-state index >= 15 is 0 Å². The van der Waals surface area contributed by atoms with Gasteiger partial charge in [0.1, 0.15) is 24.0 Å². The van der Waals surface area contributed by atoms with Gasteiger partial charge in [-0.3, -0.25) is 9.59 Å². The van der Waals surface area contributed by atoms with Crippen LogP contribution >= 0.6 is 11.8 Å². The van der Waals surface area contributed by atoms with Crippen LogP contribution in [-0.4, -0.2) is 114 Å². The number of ether oxygens (including phenoxy) is 3. The number of hydrogen-bond acceptors (Lipinski definition) is 13. The number of thioether (sulfide) groups is 1.